The van der Waals surface area contributed by atoms with E-state index in [-0.39, 0.29) is 5.91 Å². The van der Waals surface area contributed by atoms with Crippen LogP contribution in [-0.4, -0.2) is 77.8 Å². The van der Waals surface area contributed by atoms with Crippen LogP contribution in [0.2, 0.25) is 0 Å². The van der Waals surface area contributed by atoms with E-state index in [1.54, 1.807) is 14.0 Å². The second-order valence-corrected chi connectivity index (χ2v) is 6.47. The minimum Gasteiger partial charge on any atom is -0.355 e. The predicted octanol–water partition coefficient (Wildman–Crippen LogP) is -0.134. The number of aliphatic imine (C=N–C) groups is 1. The second-order valence-electron chi connectivity index (χ2n) is 6.47. The number of aryl methyl sites for hydroxylation is 2. The van der Waals surface area contributed by atoms with Crippen molar-refractivity contribution in [3.63, 3.8) is 0 Å². The van der Waals surface area contributed by atoms with Gasteiger partial charge in [0.2, 0.25) is 5.91 Å². The van der Waals surface area contributed by atoms with Gasteiger partial charge in [0, 0.05) is 78.1 Å². The third-order valence-corrected chi connectivity index (χ3v) is 4.85. The van der Waals surface area contributed by atoms with Crippen LogP contribution in [0.4, 0.5) is 0 Å². The number of aromatic nitrogens is 2. The van der Waals surface area contributed by atoms with E-state index in [1.165, 1.54) is 11.3 Å². The summed E-state index contributed by atoms with van der Waals surface area (Å²) in [5.41, 5.74) is 3.43. The number of carbonyl (C=O) groups excluding carboxylic acids is 1. The first-order chi connectivity index (χ1) is 11.9. The molecule has 1 amide bonds. The van der Waals surface area contributed by atoms with Crippen LogP contribution in [0.5, 0.6) is 0 Å². The van der Waals surface area contributed by atoms with Gasteiger partial charge in [-0.1, -0.05) is 0 Å². The highest BCUT2D eigenvalue weighted by Crippen LogP contribution is 2.10. The van der Waals surface area contributed by atoms with Gasteiger partial charge in [-0.25, -0.2) is 0 Å². The van der Waals surface area contributed by atoms with E-state index in [2.05, 4.69) is 32.5 Å². The van der Waals surface area contributed by atoms with E-state index in [0.717, 1.165) is 50.9 Å². The van der Waals surface area contributed by atoms with Crippen molar-refractivity contribution in [2.75, 3.05) is 46.3 Å². The lowest BCUT2D eigenvalue weighted by Crippen LogP contribution is -2.50. The molecule has 0 radical (unpaired) electrons. The van der Waals surface area contributed by atoms with Gasteiger partial charge in [0.25, 0.3) is 0 Å². The van der Waals surface area contributed by atoms with E-state index in [0.29, 0.717) is 6.54 Å². The van der Waals surface area contributed by atoms with Crippen LogP contribution in [-0.2, 0) is 18.4 Å². The minimum absolute atomic E-state index is 0.170. The molecule has 2 N–H and O–H groups in total. The van der Waals surface area contributed by atoms with Crippen molar-refractivity contribution < 1.29 is 4.79 Å². The van der Waals surface area contributed by atoms with Crippen LogP contribution in [0.25, 0.3) is 0 Å². The molecule has 0 bridgehead atoms. The molecule has 2 rings (SSSR count). The first kappa shape index (κ1) is 19.2. The fourth-order valence-corrected chi connectivity index (χ4v) is 3.08. The quantitative estimate of drug-likeness (QED) is 0.572. The Balaban J connectivity index is 1.71. The molecule has 0 atom stereocenters. The van der Waals surface area contributed by atoms with Crippen molar-refractivity contribution in [2.24, 2.45) is 12.0 Å². The van der Waals surface area contributed by atoms with E-state index < -0.39 is 0 Å². The molecule has 1 aliphatic rings. The number of carbonyl (C=O) groups is 1. The molecule has 1 fully saturated rings. The lowest BCUT2D eigenvalue weighted by atomic mass is 10.2. The van der Waals surface area contributed by atoms with Gasteiger partial charge < -0.3 is 15.5 Å². The second kappa shape index (κ2) is 8.84. The van der Waals surface area contributed by atoms with Gasteiger partial charge in [0.15, 0.2) is 5.96 Å². The molecule has 2 heterocycles. The van der Waals surface area contributed by atoms with Crippen LogP contribution < -0.4 is 10.6 Å². The Kier molecular flexibility index (Phi) is 6.81. The van der Waals surface area contributed by atoms with Crippen LogP contribution in [0.15, 0.2) is 4.99 Å². The Labute approximate surface area is 150 Å². The zero-order chi connectivity index (χ0) is 18.4. The summed E-state index contributed by atoms with van der Waals surface area (Å²) in [6, 6.07) is 0. The number of rotatable bonds is 5. The third kappa shape index (κ3) is 5.19. The molecule has 0 aromatic carbocycles. The molecule has 1 saturated heterocycles. The van der Waals surface area contributed by atoms with Crippen LogP contribution in [0, 0.1) is 13.8 Å². The van der Waals surface area contributed by atoms with E-state index >= 15 is 0 Å². The largest absolute Gasteiger partial charge is 0.355 e. The Morgan fingerprint density at radius 1 is 1.20 bits per heavy atom. The van der Waals surface area contributed by atoms with E-state index in [9.17, 15) is 4.79 Å². The van der Waals surface area contributed by atoms with Crippen molar-refractivity contribution in [1.29, 1.82) is 0 Å². The summed E-state index contributed by atoms with van der Waals surface area (Å²) in [7, 11) is 3.74. The highest BCUT2D eigenvalue weighted by atomic mass is 16.2. The fraction of sp³-hybridized carbons (Fsp3) is 0.706. The number of hydrogen-bond donors (Lipinski definition) is 2. The van der Waals surface area contributed by atoms with Gasteiger partial charge in [-0.3, -0.25) is 19.4 Å². The Bertz CT molecular complexity index is 615. The molecule has 1 aromatic heterocycles. The molecular formula is C17H31N7O. The molecule has 0 unspecified atom stereocenters. The van der Waals surface area contributed by atoms with Crippen LogP contribution in [0.1, 0.15) is 23.9 Å². The average Bonchev–Trinajstić information content (AvgIpc) is 2.83. The zero-order valence-electron chi connectivity index (χ0n) is 16.1. The smallest absolute Gasteiger partial charge is 0.219 e. The summed E-state index contributed by atoms with van der Waals surface area (Å²) in [6.45, 7) is 11.7. The lowest BCUT2D eigenvalue weighted by Gasteiger charge is -2.34. The summed E-state index contributed by atoms with van der Waals surface area (Å²) >= 11 is 0. The van der Waals surface area contributed by atoms with Gasteiger partial charge in [-0.05, 0) is 13.8 Å². The van der Waals surface area contributed by atoms with E-state index in [1.807, 2.05) is 23.6 Å². The SMILES string of the molecule is CN=C(NCCN1CCN(C(C)=O)CC1)NCc1c(C)nn(C)c1C. The summed E-state index contributed by atoms with van der Waals surface area (Å²) in [6.07, 6.45) is 0. The average molecular weight is 349 g/mol. The number of guanidine groups is 1. The monoisotopic (exact) mass is 349 g/mol. The number of nitrogens with zero attached hydrogens (tertiary/aromatic N) is 5. The maximum absolute atomic E-state index is 11.4. The zero-order valence-corrected chi connectivity index (χ0v) is 16.1. The molecule has 0 aliphatic carbocycles. The number of hydrogen-bond acceptors (Lipinski definition) is 4. The maximum atomic E-state index is 11.4. The number of amides is 1. The Morgan fingerprint density at radius 2 is 1.88 bits per heavy atom. The highest BCUT2D eigenvalue weighted by Gasteiger charge is 2.18. The summed E-state index contributed by atoms with van der Waals surface area (Å²) in [5, 5.41) is 11.1. The molecule has 1 aromatic rings. The van der Waals surface area contributed by atoms with Gasteiger partial charge in [0.1, 0.15) is 0 Å². The normalized spacial score (nSPS) is 16.2. The Hall–Kier alpha value is -2.09. The van der Waals surface area contributed by atoms with Gasteiger partial charge in [0.05, 0.1) is 5.69 Å². The molecule has 140 valence electrons. The van der Waals surface area contributed by atoms with Crippen LogP contribution in [0.3, 0.4) is 0 Å². The van der Waals surface area contributed by atoms with Crippen molar-refractivity contribution >= 4 is 11.9 Å². The summed E-state index contributed by atoms with van der Waals surface area (Å²) in [5.74, 6) is 0.966. The van der Waals surface area contributed by atoms with E-state index in [4.69, 9.17) is 0 Å². The molecule has 1 aliphatic heterocycles. The standard InChI is InChI=1S/C17H31N7O/c1-13-16(14(2)22(5)21-13)12-20-17(18-4)19-6-7-23-8-10-24(11-9-23)15(3)25/h6-12H2,1-5H3,(H2,18,19,20). The molecule has 8 nitrogen and oxygen atoms in total. The van der Waals surface area contributed by atoms with Gasteiger partial charge in [-0.2, -0.15) is 5.10 Å². The van der Waals surface area contributed by atoms with Crippen LogP contribution >= 0.6 is 0 Å². The molecular weight excluding hydrogens is 318 g/mol. The molecule has 0 saturated carbocycles. The van der Waals surface area contributed by atoms with Gasteiger partial charge in [-0.15, -0.1) is 0 Å². The lowest BCUT2D eigenvalue weighted by molar-refractivity contribution is -0.130. The third-order valence-electron chi connectivity index (χ3n) is 4.85. The maximum Gasteiger partial charge on any atom is 0.219 e. The van der Waals surface area contributed by atoms with Crippen molar-refractivity contribution in [1.82, 2.24) is 30.2 Å². The number of nitrogens with one attached hydrogen (secondary N) is 2. The summed E-state index contributed by atoms with van der Waals surface area (Å²) in [4.78, 5) is 19.9. The van der Waals surface area contributed by atoms with Gasteiger partial charge >= 0.3 is 0 Å². The first-order valence-electron chi connectivity index (χ1n) is 8.83. The molecule has 25 heavy (non-hydrogen) atoms. The Morgan fingerprint density at radius 3 is 2.40 bits per heavy atom. The topological polar surface area (TPSA) is 77.8 Å². The minimum atomic E-state index is 0.170. The van der Waals surface area contributed by atoms with Crippen molar-refractivity contribution in [3.05, 3.63) is 17.0 Å². The first-order valence-corrected chi connectivity index (χ1v) is 8.83. The highest BCUT2D eigenvalue weighted by molar-refractivity contribution is 5.79. The molecule has 0 spiro atoms. The fourth-order valence-electron chi connectivity index (χ4n) is 3.08. The predicted molar refractivity (Wildman–Crippen MR) is 99.6 cm³/mol. The number of piperazine rings is 1. The van der Waals surface area contributed by atoms with Crippen molar-refractivity contribution in [2.45, 2.75) is 27.3 Å². The molecule has 8 heteroatoms. The summed E-state index contributed by atoms with van der Waals surface area (Å²) < 4.78 is 1.91. The van der Waals surface area contributed by atoms with Crippen molar-refractivity contribution in [3.8, 4) is 0 Å².